The minimum absolute atomic E-state index is 0.0808. The molecular formula is C20H21NO4. The molecule has 5 nitrogen and oxygen atoms in total. The van der Waals surface area contributed by atoms with Crippen molar-refractivity contribution in [1.82, 2.24) is 0 Å². The first kappa shape index (κ1) is 17.0. The number of ether oxygens (including phenoxy) is 1. The Labute approximate surface area is 146 Å². The fourth-order valence-corrected chi connectivity index (χ4v) is 3.04. The van der Waals surface area contributed by atoms with E-state index in [0.717, 1.165) is 29.7 Å². The first-order valence-corrected chi connectivity index (χ1v) is 8.22. The summed E-state index contributed by atoms with van der Waals surface area (Å²) in [5.41, 5.74) is 2.57. The van der Waals surface area contributed by atoms with E-state index in [2.05, 4.69) is 6.07 Å². The molecule has 0 atom stereocenters. The van der Waals surface area contributed by atoms with E-state index >= 15 is 0 Å². The van der Waals surface area contributed by atoms with Gasteiger partial charge in [0.05, 0.1) is 5.41 Å². The van der Waals surface area contributed by atoms with Crippen LogP contribution in [0.15, 0.2) is 48.5 Å². The molecule has 5 heteroatoms. The lowest BCUT2D eigenvalue weighted by molar-refractivity contribution is -0.139. The van der Waals surface area contributed by atoms with Crippen LogP contribution < -0.4 is 9.64 Å². The lowest BCUT2D eigenvalue weighted by atomic mass is 9.93. The number of aryl methyl sites for hydroxylation is 1. The number of carbonyl (C=O) groups excluding carboxylic acids is 1. The molecule has 130 valence electrons. The molecule has 1 aliphatic carbocycles. The van der Waals surface area contributed by atoms with Gasteiger partial charge < -0.3 is 14.7 Å². The van der Waals surface area contributed by atoms with E-state index in [1.54, 1.807) is 36.2 Å². The Hall–Kier alpha value is -2.82. The molecule has 1 N–H and O–H groups in total. The van der Waals surface area contributed by atoms with E-state index in [4.69, 9.17) is 9.84 Å². The third-order valence-electron chi connectivity index (χ3n) is 4.62. The van der Waals surface area contributed by atoms with Crippen molar-refractivity contribution in [2.75, 3.05) is 18.6 Å². The summed E-state index contributed by atoms with van der Waals surface area (Å²) in [7, 11) is 1.77. The summed E-state index contributed by atoms with van der Waals surface area (Å²) in [5, 5.41) is 8.64. The number of carboxylic acids is 1. The number of likely N-dealkylation sites (N-methyl/N-ethyl adjacent to an activating group) is 1. The lowest BCUT2D eigenvalue weighted by Crippen LogP contribution is -2.36. The fourth-order valence-electron chi connectivity index (χ4n) is 3.04. The summed E-state index contributed by atoms with van der Waals surface area (Å²) in [6.07, 6.45) is 1.72. The van der Waals surface area contributed by atoms with Crippen LogP contribution in [0.3, 0.4) is 0 Å². The van der Waals surface area contributed by atoms with E-state index in [-0.39, 0.29) is 12.5 Å². The Morgan fingerprint density at radius 2 is 1.84 bits per heavy atom. The van der Waals surface area contributed by atoms with Crippen LogP contribution in [0, 0.1) is 6.92 Å². The van der Waals surface area contributed by atoms with Gasteiger partial charge in [-0.3, -0.25) is 4.79 Å². The summed E-state index contributed by atoms with van der Waals surface area (Å²) in [6, 6.07) is 15.0. The third-order valence-corrected chi connectivity index (χ3v) is 4.62. The Balaban J connectivity index is 1.75. The minimum atomic E-state index is -1.02. The SMILES string of the molecule is Cc1cccc(C2(C(=O)N(C)c3ccc(OCC(=O)O)cc3)CC2)c1. The number of benzene rings is 2. The number of amides is 1. The van der Waals surface area contributed by atoms with Crippen LogP contribution in [-0.4, -0.2) is 30.6 Å². The smallest absolute Gasteiger partial charge is 0.341 e. The van der Waals surface area contributed by atoms with Crippen molar-refractivity contribution in [3.05, 3.63) is 59.7 Å². The first-order valence-electron chi connectivity index (χ1n) is 8.22. The van der Waals surface area contributed by atoms with Crippen LogP contribution in [0.2, 0.25) is 0 Å². The highest BCUT2D eigenvalue weighted by atomic mass is 16.5. The summed E-state index contributed by atoms with van der Waals surface area (Å²) in [6.45, 7) is 1.65. The number of carboxylic acid groups (broad SMARTS) is 1. The Kier molecular flexibility index (Phi) is 4.49. The molecule has 0 saturated heterocycles. The van der Waals surface area contributed by atoms with Crippen LogP contribution in [0.1, 0.15) is 24.0 Å². The van der Waals surface area contributed by atoms with E-state index in [0.29, 0.717) is 5.75 Å². The van der Waals surface area contributed by atoms with Crippen LogP contribution in [0.4, 0.5) is 5.69 Å². The number of nitrogens with zero attached hydrogens (tertiary/aromatic N) is 1. The van der Waals surface area contributed by atoms with Gasteiger partial charge in [-0.1, -0.05) is 29.8 Å². The van der Waals surface area contributed by atoms with Gasteiger partial charge in [-0.15, -0.1) is 0 Å². The van der Waals surface area contributed by atoms with Gasteiger partial charge in [0.2, 0.25) is 5.91 Å². The average Bonchev–Trinajstić information content (AvgIpc) is 3.41. The normalized spacial score (nSPS) is 14.6. The van der Waals surface area contributed by atoms with Crippen molar-refractivity contribution in [2.45, 2.75) is 25.2 Å². The Morgan fingerprint density at radius 3 is 2.40 bits per heavy atom. The van der Waals surface area contributed by atoms with Gasteiger partial charge in [0, 0.05) is 12.7 Å². The highest BCUT2D eigenvalue weighted by Crippen LogP contribution is 2.50. The zero-order valence-corrected chi connectivity index (χ0v) is 14.4. The largest absolute Gasteiger partial charge is 0.482 e. The first-order chi connectivity index (χ1) is 11.9. The highest BCUT2D eigenvalue weighted by molar-refractivity contribution is 6.03. The predicted molar refractivity (Wildman–Crippen MR) is 95.1 cm³/mol. The molecule has 0 bridgehead atoms. The lowest BCUT2D eigenvalue weighted by Gasteiger charge is -2.24. The van der Waals surface area contributed by atoms with Gasteiger partial charge in [-0.2, -0.15) is 0 Å². The molecule has 1 saturated carbocycles. The molecule has 0 aromatic heterocycles. The zero-order chi connectivity index (χ0) is 18.0. The maximum Gasteiger partial charge on any atom is 0.341 e. The topological polar surface area (TPSA) is 66.8 Å². The second-order valence-corrected chi connectivity index (χ2v) is 6.49. The Morgan fingerprint density at radius 1 is 1.16 bits per heavy atom. The number of rotatable bonds is 6. The molecule has 0 radical (unpaired) electrons. The van der Waals surface area contributed by atoms with Gasteiger partial charge in [0.25, 0.3) is 0 Å². The second kappa shape index (κ2) is 6.59. The molecule has 0 unspecified atom stereocenters. The molecular weight excluding hydrogens is 318 g/mol. The van der Waals surface area contributed by atoms with E-state index < -0.39 is 11.4 Å². The van der Waals surface area contributed by atoms with Crippen LogP contribution in [-0.2, 0) is 15.0 Å². The summed E-state index contributed by atoms with van der Waals surface area (Å²) in [4.78, 5) is 25.3. The van der Waals surface area contributed by atoms with Gasteiger partial charge in [-0.25, -0.2) is 4.79 Å². The van der Waals surface area contributed by atoms with E-state index in [1.165, 1.54) is 0 Å². The van der Waals surface area contributed by atoms with Crippen molar-refractivity contribution in [3.8, 4) is 5.75 Å². The predicted octanol–water partition coefficient (Wildman–Crippen LogP) is 3.15. The van der Waals surface area contributed by atoms with Crippen molar-refractivity contribution < 1.29 is 19.4 Å². The van der Waals surface area contributed by atoms with Crippen molar-refractivity contribution in [3.63, 3.8) is 0 Å². The molecule has 0 aliphatic heterocycles. The van der Waals surface area contributed by atoms with Crippen molar-refractivity contribution >= 4 is 17.6 Å². The van der Waals surface area contributed by atoms with Crippen molar-refractivity contribution in [1.29, 1.82) is 0 Å². The monoisotopic (exact) mass is 339 g/mol. The third kappa shape index (κ3) is 3.50. The summed E-state index contributed by atoms with van der Waals surface area (Å²) < 4.78 is 5.12. The number of carbonyl (C=O) groups is 2. The number of anilines is 1. The van der Waals surface area contributed by atoms with Gasteiger partial charge in [0.1, 0.15) is 5.75 Å². The fraction of sp³-hybridized carbons (Fsp3) is 0.300. The highest BCUT2D eigenvalue weighted by Gasteiger charge is 2.52. The summed E-state index contributed by atoms with van der Waals surface area (Å²) >= 11 is 0. The second-order valence-electron chi connectivity index (χ2n) is 6.49. The van der Waals surface area contributed by atoms with Crippen LogP contribution in [0.25, 0.3) is 0 Å². The molecule has 0 spiro atoms. The number of aliphatic carboxylic acids is 1. The van der Waals surface area contributed by atoms with Gasteiger partial charge in [-0.05, 0) is 49.6 Å². The van der Waals surface area contributed by atoms with E-state index in [9.17, 15) is 9.59 Å². The van der Waals surface area contributed by atoms with Gasteiger partial charge in [0.15, 0.2) is 6.61 Å². The van der Waals surface area contributed by atoms with Gasteiger partial charge >= 0.3 is 5.97 Å². The maximum atomic E-state index is 13.1. The number of hydrogen-bond donors (Lipinski definition) is 1. The maximum absolute atomic E-state index is 13.1. The molecule has 0 heterocycles. The van der Waals surface area contributed by atoms with E-state index in [1.807, 2.05) is 25.1 Å². The molecule has 1 aliphatic rings. The summed E-state index contributed by atoms with van der Waals surface area (Å²) in [5.74, 6) is -0.477. The van der Waals surface area contributed by atoms with Crippen molar-refractivity contribution in [2.24, 2.45) is 0 Å². The molecule has 1 fully saturated rings. The Bertz CT molecular complexity index is 794. The molecule has 2 aromatic carbocycles. The standard InChI is InChI=1S/C20H21NO4/c1-14-4-3-5-15(12-14)20(10-11-20)19(24)21(2)16-6-8-17(9-7-16)25-13-18(22)23/h3-9,12H,10-11,13H2,1-2H3,(H,22,23). The average molecular weight is 339 g/mol. The van der Waals surface area contributed by atoms with Crippen LogP contribution in [0.5, 0.6) is 5.75 Å². The quantitative estimate of drug-likeness (QED) is 0.878. The molecule has 1 amide bonds. The number of hydrogen-bond acceptors (Lipinski definition) is 3. The molecule has 2 aromatic rings. The minimum Gasteiger partial charge on any atom is -0.482 e. The molecule has 3 rings (SSSR count). The molecule has 25 heavy (non-hydrogen) atoms. The zero-order valence-electron chi connectivity index (χ0n) is 14.4. The van der Waals surface area contributed by atoms with Crippen LogP contribution >= 0.6 is 0 Å².